The fourth-order valence-corrected chi connectivity index (χ4v) is 2.94. The van der Waals surface area contributed by atoms with E-state index in [0.717, 1.165) is 4.57 Å². The maximum absolute atomic E-state index is 12.8. The number of para-hydroxylation sites is 3. The molecule has 7 nitrogen and oxygen atoms in total. The highest BCUT2D eigenvalue weighted by molar-refractivity contribution is 6.06. The predicted octanol–water partition coefficient (Wildman–Crippen LogP) is 2.64. The van der Waals surface area contributed by atoms with E-state index in [0.29, 0.717) is 5.69 Å². The Bertz CT molecular complexity index is 1310. The molecule has 138 valence electrons. The van der Waals surface area contributed by atoms with Crippen LogP contribution in [0.5, 0.6) is 5.75 Å². The Morgan fingerprint density at radius 3 is 2.39 bits per heavy atom. The first kappa shape index (κ1) is 17.3. The maximum Gasteiger partial charge on any atom is 0.333 e. The van der Waals surface area contributed by atoms with Gasteiger partial charge < -0.3 is 15.4 Å². The van der Waals surface area contributed by atoms with Crippen LogP contribution in [0.2, 0.25) is 0 Å². The van der Waals surface area contributed by atoms with E-state index in [9.17, 15) is 19.5 Å². The predicted molar refractivity (Wildman–Crippen MR) is 106 cm³/mol. The number of anilines is 1. The molecule has 0 bridgehead atoms. The van der Waals surface area contributed by atoms with Gasteiger partial charge in [-0.3, -0.25) is 9.59 Å². The number of rotatable bonds is 3. The van der Waals surface area contributed by atoms with E-state index in [1.54, 1.807) is 48.5 Å². The lowest BCUT2D eigenvalue weighted by Gasteiger charge is -2.09. The van der Waals surface area contributed by atoms with Crippen molar-refractivity contribution in [3.8, 4) is 11.4 Å². The summed E-state index contributed by atoms with van der Waals surface area (Å²) in [6.07, 6.45) is 0. The van der Waals surface area contributed by atoms with Crippen LogP contribution >= 0.6 is 0 Å². The number of aromatic nitrogens is 2. The van der Waals surface area contributed by atoms with Gasteiger partial charge in [-0.2, -0.15) is 0 Å². The third-order valence-corrected chi connectivity index (χ3v) is 4.33. The van der Waals surface area contributed by atoms with Gasteiger partial charge in [0.1, 0.15) is 5.75 Å². The van der Waals surface area contributed by atoms with Crippen LogP contribution in [0, 0.1) is 0 Å². The van der Waals surface area contributed by atoms with E-state index in [2.05, 4.69) is 10.3 Å². The molecule has 0 aliphatic carbocycles. The van der Waals surface area contributed by atoms with E-state index >= 15 is 0 Å². The molecule has 3 N–H and O–H groups in total. The number of H-pyrrole nitrogens is 1. The molecule has 1 aromatic heterocycles. The molecule has 4 aromatic rings. The molecule has 3 aromatic carbocycles. The van der Waals surface area contributed by atoms with Crippen LogP contribution in [0.3, 0.4) is 0 Å². The third kappa shape index (κ3) is 3.05. The van der Waals surface area contributed by atoms with Gasteiger partial charge >= 0.3 is 5.69 Å². The number of fused-ring (bicyclic) bond motifs is 1. The normalized spacial score (nSPS) is 10.7. The molecule has 0 atom stereocenters. The van der Waals surface area contributed by atoms with Crippen molar-refractivity contribution >= 4 is 22.5 Å². The summed E-state index contributed by atoms with van der Waals surface area (Å²) in [6.45, 7) is 0. The molecular formula is C21H15N3O4. The molecule has 0 radical (unpaired) electrons. The first-order valence-electron chi connectivity index (χ1n) is 8.48. The SMILES string of the molecule is O=C(Nc1ccccc1O)c1ccc2c(=O)n(-c3ccccc3)c(=O)[nH]c2c1. The van der Waals surface area contributed by atoms with Gasteiger partial charge in [0.15, 0.2) is 0 Å². The fourth-order valence-electron chi connectivity index (χ4n) is 2.94. The molecule has 1 amide bonds. The summed E-state index contributed by atoms with van der Waals surface area (Å²) in [4.78, 5) is 40.3. The summed E-state index contributed by atoms with van der Waals surface area (Å²) >= 11 is 0. The first-order valence-corrected chi connectivity index (χ1v) is 8.48. The number of hydrogen-bond acceptors (Lipinski definition) is 4. The molecule has 28 heavy (non-hydrogen) atoms. The number of benzene rings is 3. The minimum Gasteiger partial charge on any atom is -0.506 e. The van der Waals surface area contributed by atoms with Gasteiger partial charge in [-0.1, -0.05) is 30.3 Å². The maximum atomic E-state index is 12.8. The number of phenols is 1. The number of aromatic hydroxyl groups is 1. The van der Waals surface area contributed by atoms with Gasteiger partial charge in [-0.25, -0.2) is 9.36 Å². The van der Waals surface area contributed by atoms with Crippen molar-refractivity contribution in [2.75, 3.05) is 5.32 Å². The van der Waals surface area contributed by atoms with Crippen molar-refractivity contribution in [3.05, 3.63) is 99.2 Å². The average Bonchev–Trinajstić information content (AvgIpc) is 2.70. The number of phenolic OH excluding ortho intramolecular Hbond substituents is 1. The lowest BCUT2D eigenvalue weighted by Crippen LogP contribution is -2.33. The monoisotopic (exact) mass is 373 g/mol. The molecule has 4 rings (SSSR count). The Balaban J connectivity index is 1.76. The van der Waals surface area contributed by atoms with E-state index in [1.807, 2.05) is 0 Å². The van der Waals surface area contributed by atoms with Crippen molar-refractivity contribution in [1.29, 1.82) is 0 Å². The highest BCUT2D eigenvalue weighted by Gasteiger charge is 2.13. The summed E-state index contributed by atoms with van der Waals surface area (Å²) in [5.74, 6) is -0.535. The topological polar surface area (TPSA) is 104 Å². The first-order chi connectivity index (χ1) is 13.5. The molecule has 7 heteroatoms. The average molecular weight is 373 g/mol. The summed E-state index contributed by atoms with van der Waals surface area (Å²) in [6, 6.07) is 19.3. The minimum atomic E-state index is -0.595. The zero-order valence-corrected chi connectivity index (χ0v) is 14.5. The Labute approximate surface area is 158 Å². The second kappa shape index (κ2) is 6.88. The van der Waals surface area contributed by atoms with Crippen LogP contribution in [0.15, 0.2) is 82.4 Å². The fraction of sp³-hybridized carbons (Fsp3) is 0. The van der Waals surface area contributed by atoms with E-state index in [-0.39, 0.29) is 27.9 Å². The molecule has 0 unspecified atom stereocenters. The summed E-state index contributed by atoms with van der Waals surface area (Å²) in [5, 5.41) is 12.7. The molecule has 1 heterocycles. The van der Waals surface area contributed by atoms with Crippen LogP contribution in [-0.2, 0) is 0 Å². The molecule has 0 spiro atoms. The van der Waals surface area contributed by atoms with Gasteiger partial charge in [0, 0.05) is 5.56 Å². The molecule has 0 saturated heterocycles. The van der Waals surface area contributed by atoms with Crippen LogP contribution in [0.1, 0.15) is 10.4 Å². The molecule has 0 aliphatic rings. The van der Waals surface area contributed by atoms with Gasteiger partial charge in [-0.05, 0) is 42.5 Å². The molecule has 0 saturated carbocycles. The lowest BCUT2D eigenvalue weighted by atomic mass is 10.1. The Kier molecular flexibility index (Phi) is 4.25. The van der Waals surface area contributed by atoms with E-state index < -0.39 is 17.2 Å². The molecule has 0 fully saturated rings. The Morgan fingerprint density at radius 1 is 0.929 bits per heavy atom. The van der Waals surface area contributed by atoms with Crippen molar-refractivity contribution in [1.82, 2.24) is 9.55 Å². The van der Waals surface area contributed by atoms with Crippen LogP contribution in [0.25, 0.3) is 16.6 Å². The second-order valence-electron chi connectivity index (χ2n) is 6.14. The minimum absolute atomic E-state index is 0.0595. The quantitative estimate of drug-likeness (QED) is 0.480. The van der Waals surface area contributed by atoms with Crippen molar-refractivity contribution < 1.29 is 9.90 Å². The van der Waals surface area contributed by atoms with Crippen molar-refractivity contribution in [2.45, 2.75) is 0 Å². The van der Waals surface area contributed by atoms with E-state index in [4.69, 9.17) is 0 Å². The number of nitrogens with one attached hydrogen (secondary N) is 2. The van der Waals surface area contributed by atoms with Gasteiger partial charge in [0.2, 0.25) is 0 Å². The molecule has 0 aliphatic heterocycles. The van der Waals surface area contributed by atoms with Gasteiger partial charge in [0.25, 0.3) is 11.5 Å². The summed E-state index contributed by atoms with van der Waals surface area (Å²) in [7, 11) is 0. The zero-order valence-electron chi connectivity index (χ0n) is 14.5. The number of nitrogens with zero attached hydrogens (tertiary/aromatic N) is 1. The molecular weight excluding hydrogens is 358 g/mol. The van der Waals surface area contributed by atoms with Crippen molar-refractivity contribution in [3.63, 3.8) is 0 Å². The highest BCUT2D eigenvalue weighted by atomic mass is 16.3. The number of aromatic amines is 1. The lowest BCUT2D eigenvalue weighted by molar-refractivity contribution is 0.102. The van der Waals surface area contributed by atoms with Crippen LogP contribution in [-0.4, -0.2) is 20.6 Å². The van der Waals surface area contributed by atoms with Gasteiger partial charge in [0.05, 0.1) is 22.3 Å². The summed E-state index contributed by atoms with van der Waals surface area (Å²) < 4.78 is 1.05. The number of amides is 1. The Morgan fingerprint density at radius 2 is 1.64 bits per heavy atom. The largest absolute Gasteiger partial charge is 0.506 e. The summed E-state index contributed by atoms with van der Waals surface area (Å²) in [5.41, 5.74) is 0.146. The number of hydrogen-bond donors (Lipinski definition) is 3. The number of carbonyl (C=O) groups is 1. The smallest absolute Gasteiger partial charge is 0.333 e. The highest BCUT2D eigenvalue weighted by Crippen LogP contribution is 2.22. The zero-order chi connectivity index (χ0) is 19.7. The van der Waals surface area contributed by atoms with Crippen molar-refractivity contribution in [2.24, 2.45) is 0 Å². The van der Waals surface area contributed by atoms with E-state index in [1.165, 1.54) is 24.3 Å². The third-order valence-electron chi connectivity index (χ3n) is 4.33. The second-order valence-corrected chi connectivity index (χ2v) is 6.14. The van der Waals surface area contributed by atoms with Gasteiger partial charge in [-0.15, -0.1) is 0 Å². The number of carbonyl (C=O) groups excluding carboxylic acids is 1. The van der Waals surface area contributed by atoms with Crippen LogP contribution < -0.4 is 16.6 Å². The van der Waals surface area contributed by atoms with Crippen LogP contribution in [0.4, 0.5) is 5.69 Å². The Hall–Kier alpha value is -4.13. The standard InChI is InChI=1S/C21H15N3O4/c25-18-9-5-4-8-16(18)22-19(26)13-10-11-15-17(12-13)23-21(28)24(20(15)27)14-6-2-1-3-7-14/h1-12,25H,(H,22,26)(H,23,28).